The average Bonchev–Trinajstić information content (AvgIpc) is 3.31. The Balaban J connectivity index is 1.43. The summed E-state index contributed by atoms with van der Waals surface area (Å²) in [5.74, 6) is 0.549. The molecule has 1 saturated heterocycles. The number of likely N-dealkylation sites (tertiary alicyclic amines) is 1. The molecule has 8 nitrogen and oxygen atoms in total. The van der Waals surface area contributed by atoms with Crippen LogP contribution >= 0.6 is 11.8 Å². The predicted molar refractivity (Wildman–Crippen MR) is 138 cm³/mol. The van der Waals surface area contributed by atoms with Gasteiger partial charge in [-0.25, -0.2) is 0 Å². The van der Waals surface area contributed by atoms with Crippen LogP contribution in [0.25, 0.3) is 5.69 Å². The highest BCUT2D eigenvalue weighted by Gasteiger charge is 2.32. The molecular weight excluding hydrogens is 460 g/mol. The van der Waals surface area contributed by atoms with E-state index in [1.165, 1.54) is 31.0 Å². The van der Waals surface area contributed by atoms with Crippen molar-refractivity contribution in [2.24, 2.45) is 0 Å². The van der Waals surface area contributed by atoms with Crippen LogP contribution in [0.4, 0.5) is 11.4 Å². The van der Waals surface area contributed by atoms with E-state index in [9.17, 15) is 9.59 Å². The molecule has 0 spiro atoms. The standard InChI is InChI=1S/C26H30N6O2S/c1-18(30-15-9-4-10-16-30)24-28-29-26(32(24)20-11-5-3-6-12-20)35-19(2)25(34)31-17-23(33)27-21-13-7-8-14-22(21)31/h3,5-8,11-14,18-19H,4,9-10,15-17H2,1-2H3,(H,27,33)/t18-,19-/m1/s1. The first-order valence-corrected chi connectivity index (χ1v) is 13.0. The van der Waals surface area contributed by atoms with Crippen LogP contribution in [-0.4, -0.2) is 56.4 Å². The number of fused-ring (bicyclic) bond motifs is 1. The van der Waals surface area contributed by atoms with Gasteiger partial charge in [0.1, 0.15) is 6.54 Å². The highest BCUT2D eigenvalue weighted by molar-refractivity contribution is 8.00. The largest absolute Gasteiger partial charge is 0.323 e. The minimum absolute atomic E-state index is 0.00334. The molecule has 1 N–H and O–H groups in total. The smallest absolute Gasteiger partial charge is 0.244 e. The predicted octanol–water partition coefficient (Wildman–Crippen LogP) is 4.28. The fraction of sp³-hybridized carbons (Fsp3) is 0.385. The fourth-order valence-electron chi connectivity index (χ4n) is 4.77. The third-order valence-corrected chi connectivity index (χ3v) is 7.68. The zero-order valence-corrected chi connectivity index (χ0v) is 20.9. The number of para-hydroxylation sites is 3. The molecule has 1 aromatic heterocycles. The first-order valence-electron chi connectivity index (χ1n) is 12.1. The topological polar surface area (TPSA) is 83.4 Å². The van der Waals surface area contributed by atoms with Gasteiger partial charge in [0.2, 0.25) is 11.8 Å². The first kappa shape index (κ1) is 23.6. The number of benzene rings is 2. The molecule has 0 aliphatic carbocycles. The lowest BCUT2D eigenvalue weighted by atomic mass is 10.1. The molecule has 5 rings (SSSR count). The van der Waals surface area contributed by atoms with Crippen LogP contribution in [0.15, 0.2) is 59.8 Å². The summed E-state index contributed by atoms with van der Waals surface area (Å²) < 4.78 is 2.07. The Bertz CT molecular complexity index is 1210. The van der Waals surface area contributed by atoms with Gasteiger partial charge in [-0.15, -0.1) is 10.2 Å². The van der Waals surface area contributed by atoms with Crippen LogP contribution < -0.4 is 10.2 Å². The number of aromatic nitrogens is 3. The Morgan fingerprint density at radius 3 is 2.46 bits per heavy atom. The number of carbonyl (C=O) groups is 2. The maximum absolute atomic E-state index is 13.5. The maximum Gasteiger partial charge on any atom is 0.244 e. The molecule has 0 saturated carbocycles. The van der Waals surface area contributed by atoms with Crippen LogP contribution in [0.1, 0.15) is 45.0 Å². The van der Waals surface area contributed by atoms with Crippen molar-refractivity contribution in [1.82, 2.24) is 19.7 Å². The third-order valence-electron chi connectivity index (χ3n) is 6.65. The van der Waals surface area contributed by atoms with E-state index >= 15 is 0 Å². The number of hydrogen-bond donors (Lipinski definition) is 1. The molecule has 9 heteroatoms. The molecule has 2 atom stereocenters. The van der Waals surface area contributed by atoms with Gasteiger partial charge in [0, 0.05) is 5.69 Å². The molecule has 0 unspecified atom stereocenters. The molecule has 2 aliphatic rings. The van der Waals surface area contributed by atoms with E-state index in [4.69, 9.17) is 0 Å². The van der Waals surface area contributed by atoms with Crippen LogP contribution in [-0.2, 0) is 9.59 Å². The van der Waals surface area contributed by atoms with Gasteiger partial charge in [-0.05, 0) is 64.0 Å². The van der Waals surface area contributed by atoms with Crippen molar-refractivity contribution >= 4 is 35.0 Å². The normalized spacial score (nSPS) is 18.0. The lowest BCUT2D eigenvalue weighted by Gasteiger charge is -2.32. The number of piperidine rings is 1. The van der Waals surface area contributed by atoms with Crippen molar-refractivity contribution in [3.8, 4) is 5.69 Å². The minimum atomic E-state index is -0.459. The van der Waals surface area contributed by atoms with E-state index in [1.807, 2.05) is 61.5 Å². The summed E-state index contributed by atoms with van der Waals surface area (Å²) >= 11 is 1.38. The Labute approximate surface area is 209 Å². The van der Waals surface area contributed by atoms with Gasteiger partial charge in [0.05, 0.1) is 22.7 Å². The van der Waals surface area contributed by atoms with E-state index in [0.29, 0.717) is 16.5 Å². The van der Waals surface area contributed by atoms with Crippen molar-refractivity contribution in [2.45, 2.75) is 49.6 Å². The highest BCUT2D eigenvalue weighted by Crippen LogP contribution is 2.34. The molecule has 182 valence electrons. The molecule has 2 aromatic carbocycles. The Kier molecular flexibility index (Phi) is 6.88. The number of rotatable bonds is 6. The summed E-state index contributed by atoms with van der Waals surface area (Å²) in [7, 11) is 0. The number of thioether (sulfide) groups is 1. The summed E-state index contributed by atoms with van der Waals surface area (Å²) in [5, 5.41) is 12.2. The van der Waals surface area contributed by atoms with Gasteiger partial charge in [-0.2, -0.15) is 0 Å². The summed E-state index contributed by atoms with van der Waals surface area (Å²) in [6.45, 7) is 6.15. The monoisotopic (exact) mass is 490 g/mol. The van der Waals surface area contributed by atoms with Gasteiger partial charge < -0.3 is 5.32 Å². The fourth-order valence-corrected chi connectivity index (χ4v) is 5.71. The number of nitrogens with one attached hydrogen (secondary N) is 1. The molecule has 0 radical (unpaired) electrons. The molecule has 2 aliphatic heterocycles. The SMILES string of the molecule is C[C@H](c1nnc(S[C@H](C)C(=O)N2CC(=O)Nc3ccccc32)n1-c1ccccc1)N1CCCCC1. The van der Waals surface area contributed by atoms with Gasteiger partial charge in [-0.3, -0.25) is 24.0 Å². The van der Waals surface area contributed by atoms with E-state index in [2.05, 4.69) is 31.9 Å². The van der Waals surface area contributed by atoms with Crippen LogP contribution in [0.2, 0.25) is 0 Å². The van der Waals surface area contributed by atoms with Gasteiger partial charge in [0.15, 0.2) is 11.0 Å². The second-order valence-electron chi connectivity index (χ2n) is 9.03. The van der Waals surface area contributed by atoms with Crippen LogP contribution in [0, 0.1) is 0 Å². The number of anilines is 2. The van der Waals surface area contributed by atoms with Gasteiger partial charge in [0.25, 0.3) is 0 Å². The summed E-state index contributed by atoms with van der Waals surface area (Å²) in [5.41, 5.74) is 2.34. The summed E-state index contributed by atoms with van der Waals surface area (Å²) in [4.78, 5) is 29.8. The molecule has 3 heterocycles. The van der Waals surface area contributed by atoms with Crippen molar-refractivity contribution < 1.29 is 9.59 Å². The van der Waals surface area contributed by atoms with Crippen molar-refractivity contribution in [3.05, 3.63) is 60.4 Å². The molecule has 0 bridgehead atoms. The highest BCUT2D eigenvalue weighted by atomic mass is 32.2. The number of nitrogens with zero attached hydrogens (tertiary/aromatic N) is 5. The quantitative estimate of drug-likeness (QED) is 0.520. The summed E-state index contributed by atoms with van der Waals surface area (Å²) in [6, 6.07) is 17.6. The Morgan fingerprint density at radius 2 is 1.69 bits per heavy atom. The van der Waals surface area contributed by atoms with E-state index < -0.39 is 5.25 Å². The molecule has 2 amide bonds. The van der Waals surface area contributed by atoms with Gasteiger partial charge in [-0.1, -0.05) is 48.5 Å². The van der Waals surface area contributed by atoms with E-state index in [0.717, 1.165) is 24.6 Å². The molecule has 1 fully saturated rings. The number of hydrogen-bond acceptors (Lipinski definition) is 6. The molecule has 3 aromatic rings. The second-order valence-corrected chi connectivity index (χ2v) is 10.3. The van der Waals surface area contributed by atoms with Gasteiger partial charge >= 0.3 is 0 Å². The van der Waals surface area contributed by atoms with Crippen LogP contribution in [0.5, 0.6) is 0 Å². The summed E-state index contributed by atoms with van der Waals surface area (Å²) in [6.07, 6.45) is 3.66. The zero-order chi connectivity index (χ0) is 24.4. The lowest BCUT2D eigenvalue weighted by molar-refractivity contribution is -0.121. The number of carbonyl (C=O) groups excluding carboxylic acids is 2. The van der Waals surface area contributed by atoms with Crippen molar-refractivity contribution in [3.63, 3.8) is 0 Å². The van der Waals surface area contributed by atoms with Crippen molar-refractivity contribution in [1.29, 1.82) is 0 Å². The minimum Gasteiger partial charge on any atom is -0.323 e. The second kappa shape index (κ2) is 10.2. The zero-order valence-electron chi connectivity index (χ0n) is 20.1. The molecule has 35 heavy (non-hydrogen) atoms. The van der Waals surface area contributed by atoms with E-state index in [1.54, 1.807) is 4.90 Å². The number of amides is 2. The lowest BCUT2D eigenvalue weighted by Crippen LogP contribution is -2.45. The average molecular weight is 491 g/mol. The molecular formula is C26H30N6O2S. The van der Waals surface area contributed by atoms with E-state index in [-0.39, 0.29) is 24.4 Å². The first-order chi connectivity index (χ1) is 17.0. The van der Waals surface area contributed by atoms with Crippen molar-refractivity contribution in [2.75, 3.05) is 29.9 Å². The Morgan fingerprint density at radius 1 is 0.971 bits per heavy atom. The Hall–Kier alpha value is -3.17. The maximum atomic E-state index is 13.5. The van der Waals surface area contributed by atoms with Crippen LogP contribution in [0.3, 0.4) is 0 Å². The third kappa shape index (κ3) is 4.83.